The molecule has 0 atom stereocenters. The molecule has 7 nitrogen and oxygen atoms in total. The summed E-state index contributed by atoms with van der Waals surface area (Å²) in [5.41, 5.74) is 1.45. The molecule has 0 fully saturated rings. The molecule has 3 rings (SSSR count). The van der Waals surface area contributed by atoms with Crippen molar-refractivity contribution in [3.05, 3.63) is 84.4 Å². The highest BCUT2D eigenvalue weighted by Crippen LogP contribution is 2.21. The monoisotopic (exact) mass is 440 g/mol. The third-order valence-electron chi connectivity index (χ3n) is 4.53. The van der Waals surface area contributed by atoms with Gasteiger partial charge in [0.2, 0.25) is 0 Å². The Hall–Kier alpha value is -3.52. The van der Waals surface area contributed by atoms with E-state index in [0.717, 1.165) is 5.56 Å². The molecule has 3 aromatic carbocycles. The molecule has 0 saturated heterocycles. The Morgan fingerprint density at radius 3 is 2.13 bits per heavy atom. The van der Waals surface area contributed by atoms with Crippen molar-refractivity contribution >= 4 is 21.6 Å². The second-order valence-corrected chi connectivity index (χ2v) is 8.51. The van der Waals surface area contributed by atoms with E-state index in [1.165, 1.54) is 31.4 Å². The predicted octanol–water partition coefficient (Wildman–Crippen LogP) is 3.53. The maximum absolute atomic E-state index is 12.6. The minimum Gasteiger partial charge on any atom is -0.497 e. The van der Waals surface area contributed by atoms with Gasteiger partial charge in [-0.15, -0.1) is 0 Å². The number of nitrogens with one attached hydrogen (secondary N) is 1. The molecule has 1 N–H and O–H groups in total. The lowest BCUT2D eigenvalue weighted by Gasteiger charge is -2.17. The molecular weight excluding hydrogens is 416 g/mol. The van der Waals surface area contributed by atoms with Gasteiger partial charge in [-0.25, -0.2) is 8.42 Å². The van der Waals surface area contributed by atoms with Gasteiger partial charge in [-0.1, -0.05) is 30.3 Å². The number of ether oxygens (including phenoxy) is 2. The van der Waals surface area contributed by atoms with Gasteiger partial charge in [0.15, 0.2) is 6.61 Å². The third kappa shape index (κ3) is 6.23. The molecule has 0 spiro atoms. The molecule has 3 aromatic rings. The van der Waals surface area contributed by atoms with Crippen molar-refractivity contribution in [1.29, 1.82) is 0 Å². The van der Waals surface area contributed by atoms with Crippen molar-refractivity contribution < 1.29 is 22.7 Å². The van der Waals surface area contributed by atoms with Crippen LogP contribution in [0.3, 0.4) is 0 Å². The van der Waals surface area contributed by atoms with Crippen LogP contribution in [0.25, 0.3) is 0 Å². The van der Waals surface area contributed by atoms with Crippen LogP contribution in [0.2, 0.25) is 0 Å². The summed E-state index contributed by atoms with van der Waals surface area (Å²) >= 11 is 0. The van der Waals surface area contributed by atoms with Crippen molar-refractivity contribution in [2.24, 2.45) is 0 Å². The number of carbonyl (C=O) groups is 1. The summed E-state index contributed by atoms with van der Waals surface area (Å²) in [5.74, 6) is 0.861. The Morgan fingerprint density at radius 2 is 1.52 bits per heavy atom. The highest BCUT2D eigenvalue weighted by molar-refractivity contribution is 7.92. The molecule has 0 radical (unpaired) electrons. The Morgan fingerprint density at radius 1 is 0.903 bits per heavy atom. The molecule has 0 heterocycles. The van der Waals surface area contributed by atoms with Gasteiger partial charge in [0.1, 0.15) is 11.5 Å². The number of hydrogen-bond donors (Lipinski definition) is 1. The van der Waals surface area contributed by atoms with Crippen LogP contribution in [-0.2, 0) is 21.4 Å². The van der Waals surface area contributed by atoms with Crippen LogP contribution in [0.1, 0.15) is 5.56 Å². The largest absolute Gasteiger partial charge is 0.497 e. The van der Waals surface area contributed by atoms with Gasteiger partial charge in [0, 0.05) is 19.3 Å². The first-order chi connectivity index (χ1) is 14.9. The molecule has 0 saturated carbocycles. The Kier molecular flexibility index (Phi) is 7.15. The van der Waals surface area contributed by atoms with E-state index in [-0.39, 0.29) is 17.4 Å². The fourth-order valence-electron chi connectivity index (χ4n) is 2.79. The number of sulfonamides is 1. The molecule has 0 aliphatic carbocycles. The number of nitrogens with zero attached hydrogens (tertiary/aromatic N) is 1. The van der Waals surface area contributed by atoms with E-state index in [2.05, 4.69) is 4.72 Å². The number of carbonyl (C=O) groups excluding carboxylic acids is 1. The van der Waals surface area contributed by atoms with E-state index in [1.54, 1.807) is 36.2 Å². The number of rotatable bonds is 9. The number of likely N-dealkylation sites (N-methyl/N-ethyl adjacent to an activating group) is 1. The van der Waals surface area contributed by atoms with Gasteiger partial charge in [-0.3, -0.25) is 9.52 Å². The fraction of sp³-hybridized carbons (Fsp3) is 0.174. The zero-order valence-corrected chi connectivity index (χ0v) is 18.1. The summed E-state index contributed by atoms with van der Waals surface area (Å²) in [5, 5.41) is 0. The SMILES string of the molecule is COc1ccc(NS(=O)(=O)c2ccc(OCC(=O)N(C)Cc3ccccc3)cc2)cc1. The highest BCUT2D eigenvalue weighted by Gasteiger charge is 2.15. The number of benzene rings is 3. The molecule has 0 aliphatic rings. The molecule has 0 aliphatic heterocycles. The van der Waals surface area contributed by atoms with E-state index in [9.17, 15) is 13.2 Å². The lowest BCUT2D eigenvalue weighted by molar-refractivity contribution is -0.132. The van der Waals surface area contributed by atoms with Gasteiger partial charge < -0.3 is 14.4 Å². The maximum Gasteiger partial charge on any atom is 0.261 e. The average Bonchev–Trinajstić information content (AvgIpc) is 2.78. The number of amides is 1. The summed E-state index contributed by atoms with van der Waals surface area (Å²) in [7, 11) is -0.504. The Balaban J connectivity index is 1.55. The van der Waals surface area contributed by atoms with Gasteiger partial charge in [-0.2, -0.15) is 0 Å². The van der Waals surface area contributed by atoms with Gasteiger partial charge in [0.25, 0.3) is 15.9 Å². The first-order valence-electron chi connectivity index (χ1n) is 9.55. The Bertz CT molecular complexity index is 1100. The minimum absolute atomic E-state index is 0.0863. The van der Waals surface area contributed by atoms with E-state index in [4.69, 9.17) is 9.47 Å². The molecular formula is C23H24N2O5S. The second-order valence-electron chi connectivity index (χ2n) is 6.83. The number of methoxy groups -OCH3 is 1. The van der Waals surface area contributed by atoms with Crippen LogP contribution >= 0.6 is 0 Å². The fourth-order valence-corrected chi connectivity index (χ4v) is 3.85. The van der Waals surface area contributed by atoms with E-state index in [1.807, 2.05) is 30.3 Å². The van der Waals surface area contributed by atoms with Gasteiger partial charge in [0.05, 0.1) is 12.0 Å². The maximum atomic E-state index is 12.6. The molecule has 0 aromatic heterocycles. The van der Waals surface area contributed by atoms with Crippen molar-refractivity contribution in [2.45, 2.75) is 11.4 Å². The molecule has 0 unspecified atom stereocenters. The van der Waals surface area contributed by atoms with E-state index in [0.29, 0.717) is 23.7 Å². The minimum atomic E-state index is -3.75. The summed E-state index contributed by atoms with van der Waals surface area (Å²) in [6.07, 6.45) is 0. The Labute approximate surface area is 182 Å². The van der Waals surface area contributed by atoms with Crippen LogP contribution in [0.15, 0.2) is 83.8 Å². The molecule has 0 bridgehead atoms. The lowest BCUT2D eigenvalue weighted by Crippen LogP contribution is -2.30. The van der Waals surface area contributed by atoms with Crippen molar-refractivity contribution in [1.82, 2.24) is 4.90 Å². The number of hydrogen-bond acceptors (Lipinski definition) is 5. The van der Waals surface area contributed by atoms with Gasteiger partial charge >= 0.3 is 0 Å². The standard InChI is InChI=1S/C23H24N2O5S/c1-25(16-18-6-4-3-5-7-18)23(26)17-30-21-12-14-22(15-13-21)31(27,28)24-19-8-10-20(29-2)11-9-19/h3-15,24H,16-17H2,1-2H3. The first kappa shape index (κ1) is 22.2. The second kappa shape index (κ2) is 9.99. The molecule has 1 amide bonds. The van der Waals surface area contributed by atoms with Crippen LogP contribution in [0.5, 0.6) is 11.5 Å². The summed E-state index contributed by atoms with van der Waals surface area (Å²) < 4.78 is 38.2. The first-order valence-corrected chi connectivity index (χ1v) is 11.0. The van der Waals surface area contributed by atoms with Crippen molar-refractivity contribution in [3.8, 4) is 11.5 Å². The highest BCUT2D eigenvalue weighted by atomic mass is 32.2. The van der Waals surface area contributed by atoms with Crippen LogP contribution in [0.4, 0.5) is 5.69 Å². The lowest BCUT2D eigenvalue weighted by atomic mass is 10.2. The molecule has 31 heavy (non-hydrogen) atoms. The summed E-state index contributed by atoms with van der Waals surface area (Å²) in [4.78, 5) is 13.9. The topological polar surface area (TPSA) is 84.9 Å². The van der Waals surface area contributed by atoms with Crippen LogP contribution < -0.4 is 14.2 Å². The van der Waals surface area contributed by atoms with Crippen LogP contribution in [0, 0.1) is 0 Å². The van der Waals surface area contributed by atoms with Crippen molar-refractivity contribution in [3.63, 3.8) is 0 Å². The van der Waals surface area contributed by atoms with E-state index >= 15 is 0 Å². The van der Waals surface area contributed by atoms with Crippen molar-refractivity contribution in [2.75, 3.05) is 25.5 Å². The zero-order valence-electron chi connectivity index (χ0n) is 17.3. The predicted molar refractivity (Wildman–Crippen MR) is 119 cm³/mol. The summed E-state index contributed by atoms with van der Waals surface area (Å²) in [6.45, 7) is 0.344. The summed E-state index contributed by atoms with van der Waals surface area (Å²) in [6, 6.07) is 22.1. The smallest absolute Gasteiger partial charge is 0.261 e. The molecule has 8 heteroatoms. The quantitative estimate of drug-likeness (QED) is 0.550. The van der Waals surface area contributed by atoms with Gasteiger partial charge in [-0.05, 0) is 54.1 Å². The average molecular weight is 441 g/mol. The van der Waals surface area contributed by atoms with Crippen LogP contribution in [-0.4, -0.2) is 40.0 Å². The van der Waals surface area contributed by atoms with E-state index < -0.39 is 10.0 Å². The number of anilines is 1. The third-order valence-corrected chi connectivity index (χ3v) is 5.92. The zero-order chi connectivity index (χ0) is 22.3. The molecule has 162 valence electrons. The normalized spacial score (nSPS) is 10.9.